The molecule has 0 bridgehead atoms. The normalized spacial score (nSPS) is 17.8. The summed E-state index contributed by atoms with van der Waals surface area (Å²) in [5.74, 6) is 0. The van der Waals surface area contributed by atoms with Gasteiger partial charge in [0.2, 0.25) is 0 Å². The SMILES string of the molecule is CN(C)C1(CNc2ccc(Br)cc2C#N)CCOCC1. The molecule has 0 spiro atoms. The Labute approximate surface area is 128 Å². The Balaban J connectivity index is 2.12. The Bertz CT molecular complexity index is 504. The van der Waals surface area contributed by atoms with Crippen LogP contribution in [0.2, 0.25) is 0 Å². The number of ether oxygens (including phenoxy) is 1. The Morgan fingerprint density at radius 2 is 2.10 bits per heavy atom. The lowest BCUT2D eigenvalue weighted by Crippen LogP contribution is -2.53. The number of nitriles is 1. The van der Waals surface area contributed by atoms with Gasteiger partial charge in [0.1, 0.15) is 6.07 Å². The molecular weight excluding hydrogens is 318 g/mol. The first-order valence-electron chi connectivity index (χ1n) is 6.76. The van der Waals surface area contributed by atoms with Crippen LogP contribution in [0.15, 0.2) is 22.7 Å². The van der Waals surface area contributed by atoms with E-state index in [4.69, 9.17) is 4.74 Å². The maximum absolute atomic E-state index is 9.21. The van der Waals surface area contributed by atoms with Crippen molar-refractivity contribution in [3.63, 3.8) is 0 Å². The van der Waals surface area contributed by atoms with Crippen LogP contribution < -0.4 is 5.32 Å². The van der Waals surface area contributed by atoms with Crippen molar-refractivity contribution in [3.05, 3.63) is 28.2 Å². The Kier molecular flexibility index (Phi) is 5.03. The van der Waals surface area contributed by atoms with Crippen molar-refractivity contribution in [2.75, 3.05) is 39.2 Å². The quantitative estimate of drug-likeness (QED) is 0.917. The third kappa shape index (κ3) is 3.32. The van der Waals surface area contributed by atoms with Gasteiger partial charge in [-0.15, -0.1) is 0 Å². The molecule has 1 N–H and O–H groups in total. The summed E-state index contributed by atoms with van der Waals surface area (Å²) in [7, 11) is 4.22. The number of likely N-dealkylation sites (N-methyl/N-ethyl adjacent to an activating group) is 1. The summed E-state index contributed by atoms with van der Waals surface area (Å²) in [4.78, 5) is 2.27. The minimum Gasteiger partial charge on any atom is -0.382 e. The first kappa shape index (κ1) is 15.3. The smallest absolute Gasteiger partial charge is 0.101 e. The maximum atomic E-state index is 9.21. The van der Waals surface area contributed by atoms with Gasteiger partial charge in [0.15, 0.2) is 0 Å². The number of nitrogens with zero attached hydrogens (tertiary/aromatic N) is 2. The Morgan fingerprint density at radius 1 is 1.40 bits per heavy atom. The summed E-state index contributed by atoms with van der Waals surface area (Å²) in [6, 6.07) is 7.98. The lowest BCUT2D eigenvalue weighted by atomic mass is 9.88. The number of halogens is 1. The van der Waals surface area contributed by atoms with E-state index >= 15 is 0 Å². The molecule has 1 fully saturated rings. The standard InChI is InChI=1S/C15H20BrN3O/c1-19(2)15(5-7-20-8-6-15)11-18-14-4-3-13(16)9-12(14)10-17/h3-4,9,18H,5-8,11H2,1-2H3. The van der Waals surface area contributed by atoms with Gasteiger partial charge in [-0.3, -0.25) is 0 Å². The first-order valence-corrected chi connectivity index (χ1v) is 7.55. The van der Waals surface area contributed by atoms with Gasteiger partial charge in [-0.2, -0.15) is 5.26 Å². The van der Waals surface area contributed by atoms with Gasteiger partial charge in [0.25, 0.3) is 0 Å². The minimum absolute atomic E-state index is 0.0953. The van der Waals surface area contributed by atoms with Crippen LogP contribution in [0.3, 0.4) is 0 Å². The van der Waals surface area contributed by atoms with E-state index in [1.165, 1.54) is 0 Å². The minimum atomic E-state index is 0.0953. The van der Waals surface area contributed by atoms with E-state index in [0.717, 1.165) is 42.8 Å². The monoisotopic (exact) mass is 337 g/mol. The topological polar surface area (TPSA) is 48.3 Å². The van der Waals surface area contributed by atoms with Crippen molar-refractivity contribution < 1.29 is 4.74 Å². The molecule has 0 aliphatic carbocycles. The van der Waals surface area contributed by atoms with E-state index in [0.29, 0.717) is 5.56 Å². The lowest BCUT2D eigenvalue weighted by Gasteiger charge is -2.43. The third-order valence-electron chi connectivity index (χ3n) is 4.08. The van der Waals surface area contributed by atoms with Crippen LogP contribution in [0.4, 0.5) is 5.69 Å². The molecule has 0 aromatic heterocycles. The molecule has 1 saturated heterocycles. The molecule has 1 heterocycles. The molecule has 0 radical (unpaired) electrons. The van der Waals surface area contributed by atoms with Crippen LogP contribution >= 0.6 is 15.9 Å². The van der Waals surface area contributed by atoms with E-state index in [1.54, 1.807) is 0 Å². The average molecular weight is 338 g/mol. The van der Waals surface area contributed by atoms with Crippen molar-refractivity contribution in [1.82, 2.24) is 4.90 Å². The zero-order valence-corrected chi connectivity index (χ0v) is 13.5. The van der Waals surface area contributed by atoms with Gasteiger partial charge in [-0.05, 0) is 45.1 Å². The maximum Gasteiger partial charge on any atom is 0.101 e. The number of hydrogen-bond donors (Lipinski definition) is 1. The fourth-order valence-corrected chi connectivity index (χ4v) is 2.92. The average Bonchev–Trinajstić information content (AvgIpc) is 2.46. The zero-order valence-electron chi connectivity index (χ0n) is 11.9. The molecular formula is C15H20BrN3O. The van der Waals surface area contributed by atoms with Crippen LogP contribution in [0.1, 0.15) is 18.4 Å². The molecule has 20 heavy (non-hydrogen) atoms. The van der Waals surface area contributed by atoms with E-state index in [1.807, 2.05) is 18.2 Å². The molecule has 2 rings (SSSR count). The third-order valence-corrected chi connectivity index (χ3v) is 4.58. The van der Waals surface area contributed by atoms with Crippen LogP contribution in [0, 0.1) is 11.3 Å². The van der Waals surface area contributed by atoms with Crippen molar-refractivity contribution in [3.8, 4) is 6.07 Å². The summed E-state index contributed by atoms with van der Waals surface area (Å²) in [5, 5.41) is 12.7. The highest BCUT2D eigenvalue weighted by atomic mass is 79.9. The van der Waals surface area contributed by atoms with E-state index < -0.39 is 0 Å². The second-order valence-electron chi connectivity index (χ2n) is 5.39. The molecule has 1 aliphatic heterocycles. The van der Waals surface area contributed by atoms with Gasteiger partial charge in [0.05, 0.1) is 11.3 Å². The highest BCUT2D eigenvalue weighted by Gasteiger charge is 2.34. The highest BCUT2D eigenvalue weighted by molar-refractivity contribution is 9.10. The summed E-state index contributed by atoms with van der Waals surface area (Å²) >= 11 is 3.39. The van der Waals surface area contributed by atoms with Gasteiger partial charge in [0, 0.05) is 29.8 Å². The van der Waals surface area contributed by atoms with Crippen molar-refractivity contribution in [2.24, 2.45) is 0 Å². The van der Waals surface area contributed by atoms with Gasteiger partial charge in [-0.25, -0.2) is 0 Å². The molecule has 0 atom stereocenters. The first-order chi connectivity index (χ1) is 9.57. The van der Waals surface area contributed by atoms with Crippen LogP contribution in [0.5, 0.6) is 0 Å². The molecule has 4 nitrogen and oxygen atoms in total. The van der Waals surface area contributed by atoms with Crippen LogP contribution in [0.25, 0.3) is 0 Å². The predicted octanol–water partition coefficient (Wildman–Crippen LogP) is 2.84. The van der Waals surface area contributed by atoms with Gasteiger partial charge >= 0.3 is 0 Å². The largest absolute Gasteiger partial charge is 0.382 e. The fourth-order valence-electron chi connectivity index (χ4n) is 2.56. The predicted molar refractivity (Wildman–Crippen MR) is 83.8 cm³/mol. The van der Waals surface area contributed by atoms with Crippen molar-refractivity contribution in [2.45, 2.75) is 18.4 Å². The molecule has 0 amide bonds. The van der Waals surface area contributed by atoms with Gasteiger partial charge in [-0.1, -0.05) is 15.9 Å². The lowest BCUT2D eigenvalue weighted by molar-refractivity contribution is -0.000629. The fraction of sp³-hybridized carbons (Fsp3) is 0.533. The molecule has 108 valence electrons. The number of nitrogens with one attached hydrogen (secondary N) is 1. The second kappa shape index (κ2) is 6.57. The molecule has 0 saturated carbocycles. The van der Waals surface area contributed by atoms with Crippen LogP contribution in [-0.4, -0.2) is 44.3 Å². The Morgan fingerprint density at radius 3 is 2.70 bits per heavy atom. The molecule has 5 heteroatoms. The number of hydrogen-bond acceptors (Lipinski definition) is 4. The highest BCUT2D eigenvalue weighted by Crippen LogP contribution is 2.28. The molecule has 1 aromatic rings. The van der Waals surface area contributed by atoms with E-state index in [9.17, 15) is 5.26 Å². The summed E-state index contributed by atoms with van der Waals surface area (Å²) in [5.41, 5.74) is 1.65. The van der Waals surface area contributed by atoms with Crippen molar-refractivity contribution >= 4 is 21.6 Å². The number of benzene rings is 1. The van der Waals surface area contributed by atoms with Crippen LogP contribution in [-0.2, 0) is 4.74 Å². The second-order valence-corrected chi connectivity index (χ2v) is 6.30. The molecule has 1 aliphatic rings. The van der Waals surface area contributed by atoms with Gasteiger partial charge < -0.3 is 15.0 Å². The zero-order chi connectivity index (χ0) is 14.6. The molecule has 0 unspecified atom stereocenters. The van der Waals surface area contributed by atoms with E-state index in [2.05, 4.69) is 46.3 Å². The van der Waals surface area contributed by atoms with E-state index in [-0.39, 0.29) is 5.54 Å². The summed E-state index contributed by atoms with van der Waals surface area (Å²) in [6.07, 6.45) is 2.01. The van der Waals surface area contributed by atoms with Crippen molar-refractivity contribution in [1.29, 1.82) is 5.26 Å². The Hall–Kier alpha value is -1.09. The number of anilines is 1. The summed E-state index contributed by atoms with van der Waals surface area (Å²) in [6.45, 7) is 2.41. The summed E-state index contributed by atoms with van der Waals surface area (Å²) < 4.78 is 6.40. The molecule has 1 aromatic carbocycles. The number of rotatable bonds is 4.